The van der Waals surface area contributed by atoms with Gasteiger partial charge in [0.2, 0.25) is 0 Å². The minimum absolute atomic E-state index is 0.0342. The molecule has 0 aliphatic carbocycles. The quantitative estimate of drug-likeness (QED) is 0.259. The highest BCUT2D eigenvalue weighted by molar-refractivity contribution is 6.31. The second-order valence-corrected chi connectivity index (χ2v) is 10.5. The number of ether oxygens (including phenoxy) is 2. The molecule has 13 heteroatoms. The molecular weight excluding hydrogens is 601 g/mol. The van der Waals surface area contributed by atoms with Gasteiger partial charge in [0.25, 0.3) is 23.6 Å². The van der Waals surface area contributed by atoms with E-state index >= 15 is 0 Å². The van der Waals surface area contributed by atoms with Gasteiger partial charge in [0.1, 0.15) is 6.04 Å². The number of nitrogens with one attached hydrogen (secondary N) is 2. The minimum Gasteiger partial charge on any atom is -0.454 e. The van der Waals surface area contributed by atoms with Gasteiger partial charge in [-0.2, -0.15) is 0 Å². The van der Waals surface area contributed by atoms with Crippen molar-refractivity contribution < 1.29 is 38.2 Å². The lowest BCUT2D eigenvalue weighted by atomic mass is 10.1. The Labute approximate surface area is 256 Å². The Morgan fingerprint density at radius 3 is 1.79 bits per heavy atom. The van der Waals surface area contributed by atoms with E-state index in [1.165, 1.54) is 19.1 Å². The molecule has 4 rings (SSSR count). The predicted octanol–water partition coefficient (Wildman–Crippen LogP) is 4.57. The summed E-state index contributed by atoms with van der Waals surface area (Å²) in [6.07, 6.45) is 0. The van der Waals surface area contributed by atoms with E-state index in [1.54, 1.807) is 50.2 Å². The molecule has 1 unspecified atom stereocenters. The highest BCUT2D eigenvalue weighted by atomic mass is 35.5. The Bertz CT molecular complexity index is 1670. The van der Waals surface area contributed by atoms with Crippen LogP contribution in [0, 0.1) is 13.8 Å². The van der Waals surface area contributed by atoms with Crippen molar-refractivity contribution in [3.05, 3.63) is 92.5 Å². The summed E-state index contributed by atoms with van der Waals surface area (Å²) in [5, 5.41) is 6.19. The van der Waals surface area contributed by atoms with Crippen molar-refractivity contribution in [3.8, 4) is 0 Å². The number of imide groups is 1. The van der Waals surface area contributed by atoms with Crippen molar-refractivity contribution in [2.24, 2.45) is 0 Å². The summed E-state index contributed by atoms with van der Waals surface area (Å²) >= 11 is 11.8. The zero-order valence-corrected chi connectivity index (χ0v) is 24.7. The van der Waals surface area contributed by atoms with Crippen LogP contribution in [0.15, 0.2) is 54.6 Å². The zero-order chi connectivity index (χ0) is 31.4. The van der Waals surface area contributed by atoms with Crippen LogP contribution in [0.4, 0.5) is 11.4 Å². The largest absolute Gasteiger partial charge is 0.454 e. The van der Waals surface area contributed by atoms with Gasteiger partial charge in [0.15, 0.2) is 13.2 Å². The molecular formula is C30H25Cl2N3O8. The first-order chi connectivity index (χ1) is 20.3. The van der Waals surface area contributed by atoms with Gasteiger partial charge in [-0.25, -0.2) is 9.59 Å². The number of amides is 4. The summed E-state index contributed by atoms with van der Waals surface area (Å²) in [5.41, 5.74) is 2.15. The maximum Gasteiger partial charge on any atom is 0.338 e. The number of aryl methyl sites for hydroxylation is 2. The fourth-order valence-electron chi connectivity index (χ4n) is 4.22. The molecule has 0 spiro atoms. The van der Waals surface area contributed by atoms with Crippen LogP contribution in [0.5, 0.6) is 0 Å². The summed E-state index contributed by atoms with van der Waals surface area (Å²) < 4.78 is 10.1. The van der Waals surface area contributed by atoms with Gasteiger partial charge in [0, 0.05) is 21.4 Å². The van der Waals surface area contributed by atoms with Gasteiger partial charge in [-0.15, -0.1) is 0 Å². The summed E-state index contributed by atoms with van der Waals surface area (Å²) in [4.78, 5) is 76.5. The number of anilines is 2. The fourth-order valence-corrected chi connectivity index (χ4v) is 4.68. The Kier molecular flexibility index (Phi) is 9.47. The van der Waals surface area contributed by atoms with Crippen molar-refractivity contribution in [1.29, 1.82) is 0 Å². The molecule has 222 valence electrons. The van der Waals surface area contributed by atoms with E-state index in [-0.39, 0.29) is 16.7 Å². The molecule has 43 heavy (non-hydrogen) atoms. The van der Waals surface area contributed by atoms with E-state index in [9.17, 15) is 28.8 Å². The Hall–Kier alpha value is -4.74. The molecule has 0 fully saturated rings. The van der Waals surface area contributed by atoms with Crippen LogP contribution in [-0.4, -0.2) is 59.7 Å². The smallest absolute Gasteiger partial charge is 0.338 e. The van der Waals surface area contributed by atoms with Crippen molar-refractivity contribution in [2.45, 2.75) is 26.8 Å². The Balaban J connectivity index is 1.34. The van der Waals surface area contributed by atoms with Gasteiger partial charge < -0.3 is 20.1 Å². The van der Waals surface area contributed by atoms with Gasteiger partial charge in [0.05, 0.1) is 16.7 Å². The van der Waals surface area contributed by atoms with Gasteiger partial charge in [-0.05, 0) is 86.5 Å². The maximum atomic E-state index is 13.1. The van der Waals surface area contributed by atoms with Crippen molar-refractivity contribution in [3.63, 3.8) is 0 Å². The Morgan fingerprint density at radius 2 is 1.26 bits per heavy atom. The average Bonchev–Trinajstić information content (AvgIpc) is 3.21. The molecule has 0 saturated carbocycles. The van der Waals surface area contributed by atoms with E-state index in [1.807, 2.05) is 0 Å². The monoisotopic (exact) mass is 625 g/mol. The minimum atomic E-state index is -1.37. The normalized spacial score (nSPS) is 12.8. The molecule has 1 atom stereocenters. The molecule has 0 bridgehead atoms. The third kappa shape index (κ3) is 7.19. The first-order valence-corrected chi connectivity index (χ1v) is 13.6. The lowest BCUT2D eigenvalue weighted by Gasteiger charge is -2.20. The number of carbonyl (C=O) groups is 6. The number of hydrogen-bond acceptors (Lipinski definition) is 8. The molecule has 1 heterocycles. The van der Waals surface area contributed by atoms with Gasteiger partial charge in [-0.3, -0.25) is 24.1 Å². The van der Waals surface area contributed by atoms with E-state index in [0.717, 1.165) is 6.07 Å². The maximum absolute atomic E-state index is 13.1. The van der Waals surface area contributed by atoms with Crippen LogP contribution >= 0.6 is 23.2 Å². The predicted molar refractivity (Wildman–Crippen MR) is 157 cm³/mol. The third-order valence-electron chi connectivity index (χ3n) is 6.49. The third-order valence-corrected chi connectivity index (χ3v) is 6.96. The molecule has 2 N–H and O–H groups in total. The van der Waals surface area contributed by atoms with Crippen LogP contribution in [0.3, 0.4) is 0 Å². The van der Waals surface area contributed by atoms with Crippen LogP contribution < -0.4 is 10.6 Å². The summed E-state index contributed by atoms with van der Waals surface area (Å²) in [6.45, 7) is 3.51. The number of fused-ring (bicyclic) bond motifs is 1. The highest BCUT2D eigenvalue weighted by Crippen LogP contribution is 2.27. The molecule has 3 aromatic rings. The molecule has 1 aliphatic heterocycles. The molecule has 0 saturated heterocycles. The van der Waals surface area contributed by atoms with Gasteiger partial charge in [-0.1, -0.05) is 23.2 Å². The van der Waals surface area contributed by atoms with E-state index < -0.39 is 54.8 Å². The van der Waals surface area contributed by atoms with Gasteiger partial charge >= 0.3 is 11.9 Å². The average molecular weight is 626 g/mol. The summed E-state index contributed by atoms with van der Waals surface area (Å²) in [5.74, 6) is -4.73. The van der Waals surface area contributed by atoms with Crippen LogP contribution in [0.2, 0.25) is 10.0 Å². The SMILES string of the molecule is Cc1cc(Cl)ccc1NC(=O)COC(=O)c1ccc2c(c1)C(=O)N(C(C)C(=O)OCC(=O)Nc1ccc(Cl)cc1C)C2=O. The van der Waals surface area contributed by atoms with E-state index in [4.69, 9.17) is 32.7 Å². The van der Waals surface area contributed by atoms with Crippen molar-refractivity contribution >= 4 is 70.1 Å². The van der Waals surface area contributed by atoms with E-state index in [0.29, 0.717) is 37.4 Å². The van der Waals surface area contributed by atoms with E-state index in [2.05, 4.69) is 10.6 Å². The second kappa shape index (κ2) is 13.1. The molecule has 1 aliphatic rings. The zero-order valence-electron chi connectivity index (χ0n) is 23.2. The topological polar surface area (TPSA) is 148 Å². The fraction of sp³-hybridized carbons (Fsp3) is 0.200. The lowest BCUT2D eigenvalue weighted by Crippen LogP contribution is -2.44. The number of hydrogen-bond donors (Lipinski definition) is 2. The van der Waals surface area contributed by atoms with Crippen LogP contribution in [0.1, 0.15) is 49.1 Å². The molecule has 3 aromatic carbocycles. The van der Waals surface area contributed by atoms with Crippen molar-refractivity contribution in [2.75, 3.05) is 23.8 Å². The molecule has 0 aromatic heterocycles. The first-order valence-electron chi connectivity index (χ1n) is 12.8. The number of benzene rings is 3. The lowest BCUT2D eigenvalue weighted by molar-refractivity contribution is -0.150. The number of nitrogens with zero attached hydrogens (tertiary/aromatic N) is 1. The van der Waals surface area contributed by atoms with Crippen LogP contribution in [-0.2, 0) is 23.9 Å². The second-order valence-electron chi connectivity index (χ2n) is 9.62. The number of carbonyl (C=O) groups excluding carboxylic acids is 6. The van der Waals surface area contributed by atoms with Crippen molar-refractivity contribution in [1.82, 2.24) is 4.90 Å². The number of halogens is 2. The summed E-state index contributed by atoms with van der Waals surface area (Å²) in [6, 6.07) is 12.0. The molecule has 0 radical (unpaired) electrons. The number of esters is 2. The first kappa shape index (κ1) is 31.2. The molecule has 11 nitrogen and oxygen atoms in total. The number of rotatable bonds is 9. The van der Waals surface area contributed by atoms with Crippen LogP contribution in [0.25, 0.3) is 0 Å². The Morgan fingerprint density at radius 1 is 0.744 bits per heavy atom. The standard InChI is InChI=1S/C30H25Cl2N3O8/c1-15-10-19(31)5-8-23(15)33-25(36)13-42-29(40)17(3)35-27(38)21-7-4-18(12-22(21)28(35)39)30(41)43-14-26(37)34-24-9-6-20(32)11-16(24)2/h4-12,17H,13-14H2,1-3H3,(H,33,36)(H,34,37). The molecule has 4 amide bonds. The summed E-state index contributed by atoms with van der Waals surface area (Å²) in [7, 11) is 0. The highest BCUT2D eigenvalue weighted by Gasteiger charge is 2.42.